The maximum Gasteiger partial charge on any atom is 0.0575 e. The van der Waals surface area contributed by atoms with Crippen LogP contribution in [0.2, 0.25) is 0 Å². The highest BCUT2D eigenvalue weighted by Crippen LogP contribution is 1.80. The van der Waals surface area contributed by atoms with Crippen molar-refractivity contribution < 1.29 is 4.74 Å². The fraction of sp³-hybridized carbons (Fsp3) is 0.556. The molecule has 0 aromatic carbocycles. The van der Waals surface area contributed by atoms with Crippen LogP contribution in [0.4, 0.5) is 0 Å². The van der Waals surface area contributed by atoms with Crippen molar-refractivity contribution in [2.75, 3.05) is 13.2 Å². The molecular formula is C9H14O. The van der Waals surface area contributed by atoms with Crippen LogP contribution in [0.3, 0.4) is 0 Å². The van der Waals surface area contributed by atoms with Crippen molar-refractivity contribution in [2.45, 2.75) is 19.8 Å². The van der Waals surface area contributed by atoms with Crippen molar-refractivity contribution in [3.05, 3.63) is 12.7 Å². The maximum atomic E-state index is 5.09. The van der Waals surface area contributed by atoms with E-state index >= 15 is 0 Å². The average molecular weight is 138 g/mol. The first kappa shape index (κ1) is 9.26. The number of hydrogen-bond acceptors (Lipinski definition) is 1. The molecule has 0 spiro atoms. The third-order valence-corrected chi connectivity index (χ3v) is 0.947. The summed E-state index contributed by atoms with van der Waals surface area (Å²) in [6.45, 7) is 7.08. The molecule has 0 rings (SSSR count). The van der Waals surface area contributed by atoms with Crippen molar-refractivity contribution >= 4 is 0 Å². The minimum atomic E-state index is 0.751. The molecule has 0 amide bonds. The third kappa shape index (κ3) is 7.26. The summed E-state index contributed by atoms with van der Waals surface area (Å²) in [5.41, 5.74) is 0. The minimum absolute atomic E-state index is 0.751. The molecule has 0 heterocycles. The number of rotatable bonds is 4. The molecule has 0 saturated carbocycles. The van der Waals surface area contributed by atoms with Gasteiger partial charge in [0, 0.05) is 19.4 Å². The highest BCUT2D eigenvalue weighted by molar-refractivity contribution is 5.02. The second-order valence-corrected chi connectivity index (χ2v) is 1.79. The van der Waals surface area contributed by atoms with Crippen molar-refractivity contribution in [1.29, 1.82) is 0 Å². The smallest absolute Gasteiger partial charge is 0.0575 e. The van der Waals surface area contributed by atoms with E-state index in [1.807, 2.05) is 6.92 Å². The summed E-state index contributed by atoms with van der Waals surface area (Å²) in [5, 5.41) is 0. The van der Waals surface area contributed by atoms with Crippen LogP contribution < -0.4 is 0 Å². The standard InChI is InChI=1S/C9H14O/c1-3-5-6-7-8-9-10-4-2/h3H,1,4-5,8-9H2,2H3. The Kier molecular flexibility index (Phi) is 7.65. The van der Waals surface area contributed by atoms with E-state index in [4.69, 9.17) is 4.74 Å². The van der Waals surface area contributed by atoms with Gasteiger partial charge in [-0.05, 0) is 6.92 Å². The van der Waals surface area contributed by atoms with Crippen molar-refractivity contribution in [2.24, 2.45) is 0 Å². The van der Waals surface area contributed by atoms with Gasteiger partial charge in [0.25, 0.3) is 0 Å². The normalized spacial score (nSPS) is 8.10. The molecule has 56 valence electrons. The molecule has 10 heavy (non-hydrogen) atoms. The minimum Gasteiger partial charge on any atom is -0.381 e. The molecule has 0 radical (unpaired) electrons. The molecule has 0 fully saturated rings. The highest BCUT2D eigenvalue weighted by atomic mass is 16.5. The van der Waals surface area contributed by atoms with Gasteiger partial charge in [-0.25, -0.2) is 0 Å². The van der Waals surface area contributed by atoms with E-state index in [9.17, 15) is 0 Å². The zero-order valence-electron chi connectivity index (χ0n) is 6.52. The molecule has 0 unspecified atom stereocenters. The summed E-state index contributed by atoms with van der Waals surface area (Å²) in [6, 6.07) is 0. The summed E-state index contributed by atoms with van der Waals surface area (Å²) < 4.78 is 5.09. The van der Waals surface area contributed by atoms with E-state index in [1.54, 1.807) is 6.08 Å². The predicted octanol–water partition coefficient (Wildman–Crippen LogP) is 1.99. The van der Waals surface area contributed by atoms with Gasteiger partial charge >= 0.3 is 0 Å². The van der Waals surface area contributed by atoms with E-state index < -0.39 is 0 Å². The van der Waals surface area contributed by atoms with Crippen LogP contribution in [0, 0.1) is 11.8 Å². The lowest BCUT2D eigenvalue weighted by Gasteiger charge is -1.92. The van der Waals surface area contributed by atoms with Crippen molar-refractivity contribution in [1.82, 2.24) is 0 Å². The topological polar surface area (TPSA) is 9.23 Å². The van der Waals surface area contributed by atoms with Gasteiger partial charge in [0.1, 0.15) is 0 Å². The van der Waals surface area contributed by atoms with Gasteiger partial charge in [-0.3, -0.25) is 0 Å². The van der Waals surface area contributed by atoms with Crippen LogP contribution in [0.15, 0.2) is 12.7 Å². The summed E-state index contributed by atoms with van der Waals surface area (Å²) in [4.78, 5) is 0. The molecule has 0 aromatic heterocycles. The molecule has 0 saturated heterocycles. The van der Waals surface area contributed by atoms with Gasteiger partial charge in [0.05, 0.1) is 6.61 Å². The highest BCUT2D eigenvalue weighted by Gasteiger charge is 1.77. The summed E-state index contributed by atoms with van der Waals surface area (Å²) in [5.74, 6) is 5.92. The van der Waals surface area contributed by atoms with Crippen LogP contribution >= 0.6 is 0 Å². The summed E-state index contributed by atoms with van der Waals surface area (Å²) in [6.07, 6.45) is 3.42. The van der Waals surface area contributed by atoms with Crippen LogP contribution in [-0.4, -0.2) is 13.2 Å². The average Bonchev–Trinajstić information content (AvgIpc) is 1.97. The molecule has 1 heteroatoms. The Bertz CT molecular complexity index is 127. The fourth-order valence-electron chi connectivity index (χ4n) is 0.500. The molecular weight excluding hydrogens is 124 g/mol. The van der Waals surface area contributed by atoms with Gasteiger partial charge in [0.2, 0.25) is 0 Å². The molecule has 0 N–H and O–H groups in total. The zero-order valence-corrected chi connectivity index (χ0v) is 6.52. The Balaban J connectivity index is 3.03. The quantitative estimate of drug-likeness (QED) is 0.328. The van der Waals surface area contributed by atoms with Crippen LogP contribution in [0.5, 0.6) is 0 Å². The predicted molar refractivity (Wildman–Crippen MR) is 43.7 cm³/mol. The molecule has 0 aromatic rings. The monoisotopic (exact) mass is 138 g/mol. The summed E-state index contributed by atoms with van der Waals surface area (Å²) >= 11 is 0. The molecule has 0 aliphatic heterocycles. The second kappa shape index (κ2) is 8.26. The Morgan fingerprint density at radius 2 is 2.30 bits per heavy atom. The van der Waals surface area contributed by atoms with E-state index in [1.165, 1.54) is 0 Å². The van der Waals surface area contributed by atoms with Crippen molar-refractivity contribution in [3.8, 4) is 11.8 Å². The Morgan fingerprint density at radius 3 is 2.90 bits per heavy atom. The second-order valence-electron chi connectivity index (χ2n) is 1.79. The van der Waals surface area contributed by atoms with E-state index in [-0.39, 0.29) is 0 Å². The lowest BCUT2D eigenvalue weighted by atomic mass is 10.4. The van der Waals surface area contributed by atoms with Gasteiger partial charge < -0.3 is 4.74 Å². The Morgan fingerprint density at radius 1 is 1.50 bits per heavy atom. The lowest BCUT2D eigenvalue weighted by Crippen LogP contribution is -1.90. The van der Waals surface area contributed by atoms with Crippen LogP contribution in [0.1, 0.15) is 19.8 Å². The van der Waals surface area contributed by atoms with Crippen molar-refractivity contribution in [3.63, 3.8) is 0 Å². The largest absolute Gasteiger partial charge is 0.381 e. The Hall–Kier alpha value is -0.740. The molecule has 1 nitrogen and oxygen atoms in total. The number of hydrogen-bond donors (Lipinski definition) is 0. The third-order valence-electron chi connectivity index (χ3n) is 0.947. The fourth-order valence-corrected chi connectivity index (χ4v) is 0.500. The van der Waals surface area contributed by atoms with E-state index in [2.05, 4.69) is 18.4 Å². The Labute approximate surface area is 63.1 Å². The maximum absolute atomic E-state index is 5.09. The van der Waals surface area contributed by atoms with Gasteiger partial charge in [-0.1, -0.05) is 12.0 Å². The first-order chi connectivity index (χ1) is 4.91. The molecule has 0 atom stereocenters. The SMILES string of the molecule is C=CCC#CCCOCC. The van der Waals surface area contributed by atoms with Gasteiger partial charge in [0.15, 0.2) is 0 Å². The first-order valence-electron chi connectivity index (χ1n) is 3.56. The zero-order chi connectivity index (χ0) is 7.66. The lowest BCUT2D eigenvalue weighted by molar-refractivity contribution is 0.154. The van der Waals surface area contributed by atoms with Gasteiger partial charge in [-0.2, -0.15) is 0 Å². The molecule has 0 aliphatic rings. The number of allylic oxidation sites excluding steroid dienone is 1. The van der Waals surface area contributed by atoms with Gasteiger partial charge in [-0.15, -0.1) is 12.5 Å². The van der Waals surface area contributed by atoms with E-state index in [0.717, 1.165) is 26.1 Å². The van der Waals surface area contributed by atoms with Crippen LogP contribution in [-0.2, 0) is 4.74 Å². The van der Waals surface area contributed by atoms with E-state index in [0.29, 0.717) is 0 Å². The molecule has 0 bridgehead atoms. The van der Waals surface area contributed by atoms with Crippen LogP contribution in [0.25, 0.3) is 0 Å². The summed E-state index contributed by atoms with van der Waals surface area (Å²) in [7, 11) is 0. The molecule has 0 aliphatic carbocycles. The first-order valence-corrected chi connectivity index (χ1v) is 3.56. The number of ether oxygens (including phenoxy) is 1.